The minimum absolute atomic E-state index is 0.217. The van der Waals surface area contributed by atoms with Crippen molar-refractivity contribution in [3.05, 3.63) is 24.0 Å². The summed E-state index contributed by atoms with van der Waals surface area (Å²) in [6, 6.07) is 1.68. The van der Waals surface area contributed by atoms with Gasteiger partial charge in [0, 0.05) is 31.1 Å². The molecule has 6 nitrogen and oxygen atoms in total. The van der Waals surface area contributed by atoms with Crippen LogP contribution in [0.2, 0.25) is 0 Å². The lowest BCUT2D eigenvalue weighted by molar-refractivity contribution is -0.120. The highest BCUT2D eigenvalue weighted by molar-refractivity contribution is 6.06. The number of fused-ring (bicyclic) bond motifs is 1. The van der Waals surface area contributed by atoms with Crippen molar-refractivity contribution >= 4 is 28.7 Å². The molecular weight excluding hydrogens is 280 g/mol. The predicted octanol–water partition coefficient (Wildman–Crippen LogP) is 2.38. The number of pyridine rings is 1. The largest absolute Gasteiger partial charge is 0.332 e. The van der Waals surface area contributed by atoms with Crippen molar-refractivity contribution in [3.8, 4) is 0 Å². The minimum Gasteiger partial charge on any atom is -0.332 e. The fourth-order valence-corrected chi connectivity index (χ4v) is 3.11. The Bertz CT molecular complexity index is 776. The molecule has 0 aromatic carbocycles. The van der Waals surface area contributed by atoms with Crippen molar-refractivity contribution in [3.63, 3.8) is 0 Å². The Balaban J connectivity index is 1.78. The van der Waals surface area contributed by atoms with Crippen LogP contribution in [0.1, 0.15) is 37.7 Å². The number of amides is 3. The number of nitrogens with zero attached hydrogens (tertiary/aromatic N) is 3. The number of carbonyl (C=O) groups is 2. The number of imide groups is 1. The highest BCUT2D eigenvalue weighted by atomic mass is 16.2. The number of carbonyl (C=O) groups excluding carboxylic acids is 2. The van der Waals surface area contributed by atoms with Gasteiger partial charge in [-0.1, -0.05) is 0 Å². The number of anilines is 1. The molecule has 3 amide bonds. The summed E-state index contributed by atoms with van der Waals surface area (Å²) in [4.78, 5) is 29.4. The van der Waals surface area contributed by atoms with Crippen LogP contribution in [0.15, 0.2) is 18.5 Å². The maximum Gasteiger partial charge on any atom is 0.328 e. The van der Waals surface area contributed by atoms with E-state index in [2.05, 4.69) is 28.0 Å². The van der Waals surface area contributed by atoms with E-state index in [1.165, 1.54) is 18.4 Å². The van der Waals surface area contributed by atoms with Gasteiger partial charge in [0.05, 0.1) is 11.9 Å². The van der Waals surface area contributed by atoms with Gasteiger partial charge in [-0.25, -0.2) is 9.78 Å². The third-order valence-corrected chi connectivity index (χ3v) is 4.45. The summed E-state index contributed by atoms with van der Waals surface area (Å²) >= 11 is 0. The molecule has 0 radical (unpaired) electrons. The van der Waals surface area contributed by atoms with Gasteiger partial charge in [0.25, 0.3) is 0 Å². The molecule has 1 saturated heterocycles. The van der Waals surface area contributed by atoms with Gasteiger partial charge in [0.15, 0.2) is 0 Å². The minimum atomic E-state index is -0.361. The summed E-state index contributed by atoms with van der Waals surface area (Å²) in [6.07, 6.45) is 6.70. The van der Waals surface area contributed by atoms with E-state index in [0.29, 0.717) is 18.9 Å². The number of hydrogen-bond donors (Lipinski definition) is 1. The first-order valence-corrected chi connectivity index (χ1v) is 7.77. The second-order valence-electron chi connectivity index (χ2n) is 5.96. The summed E-state index contributed by atoms with van der Waals surface area (Å²) in [7, 11) is 0. The van der Waals surface area contributed by atoms with Gasteiger partial charge >= 0.3 is 6.03 Å². The normalized spacial score (nSPS) is 18.9. The predicted molar refractivity (Wildman–Crippen MR) is 82.9 cm³/mol. The molecule has 2 aliphatic rings. The highest BCUT2D eigenvalue weighted by Crippen LogP contribution is 2.44. The van der Waals surface area contributed by atoms with Gasteiger partial charge in [-0.05, 0) is 37.3 Å². The first-order valence-electron chi connectivity index (χ1n) is 7.77. The molecule has 4 rings (SSSR count). The van der Waals surface area contributed by atoms with E-state index in [9.17, 15) is 9.59 Å². The van der Waals surface area contributed by atoms with Crippen molar-refractivity contribution in [2.24, 2.45) is 0 Å². The summed E-state index contributed by atoms with van der Waals surface area (Å²) < 4.78 is 2.16. The molecule has 0 spiro atoms. The van der Waals surface area contributed by atoms with Crippen LogP contribution in [0, 0.1) is 0 Å². The summed E-state index contributed by atoms with van der Waals surface area (Å²) in [5.41, 5.74) is 3.06. The zero-order valence-corrected chi connectivity index (χ0v) is 12.5. The zero-order chi connectivity index (χ0) is 15.3. The molecule has 1 saturated carbocycles. The molecular formula is C16H18N4O2. The number of urea groups is 1. The van der Waals surface area contributed by atoms with Crippen LogP contribution >= 0.6 is 0 Å². The first-order chi connectivity index (χ1) is 10.7. The third kappa shape index (κ3) is 2.06. The zero-order valence-electron chi connectivity index (χ0n) is 12.5. The summed E-state index contributed by atoms with van der Waals surface area (Å²) in [5, 5.41) is 3.49. The van der Waals surface area contributed by atoms with E-state index in [-0.39, 0.29) is 11.9 Å². The molecule has 2 aromatic rings. The van der Waals surface area contributed by atoms with Crippen molar-refractivity contribution < 1.29 is 9.59 Å². The maximum absolute atomic E-state index is 12.0. The van der Waals surface area contributed by atoms with Crippen LogP contribution in [0.25, 0.3) is 11.0 Å². The van der Waals surface area contributed by atoms with Gasteiger partial charge in [-0.3, -0.25) is 15.0 Å². The van der Waals surface area contributed by atoms with E-state index in [0.717, 1.165) is 23.3 Å². The van der Waals surface area contributed by atoms with Gasteiger partial charge in [0.2, 0.25) is 5.91 Å². The average molecular weight is 298 g/mol. The van der Waals surface area contributed by atoms with E-state index < -0.39 is 0 Å². The Labute approximate surface area is 128 Å². The number of aryl methyl sites for hydroxylation is 1. The Kier molecular flexibility index (Phi) is 2.92. The second-order valence-corrected chi connectivity index (χ2v) is 5.96. The molecule has 3 heterocycles. The van der Waals surface area contributed by atoms with Gasteiger partial charge in [-0.2, -0.15) is 0 Å². The van der Waals surface area contributed by atoms with E-state index >= 15 is 0 Å². The molecule has 0 unspecified atom stereocenters. The Morgan fingerprint density at radius 2 is 2.18 bits per heavy atom. The second kappa shape index (κ2) is 4.83. The first kappa shape index (κ1) is 13.3. The van der Waals surface area contributed by atoms with Crippen molar-refractivity contribution in [1.82, 2.24) is 14.9 Å². The molecule has 1 aliphatic heterocycles. The molecule has 114 valence electrons. The number of rotatable bonds is 3. The molecule has 0 atom stereocenters. The number of aromatic nitrogens is 2. The third-order valence-electron chi connectivity index (χ3n) is 4.45. The summed E-state index contributed by atoms with van der Waals surface area (Å²) in [5.74, 6) is 0.412. The SMILES string of the molecule is CCn1cc(C2CC2)c2cc(N3CCC(=O)NC3=O)cnc21. The highest BCUT2D eigenvalue weighted by Gasteiger charge is 2.29. The number of nitrogens with one attached hydrogen (secondary N) is 1. The molecule has 2 fully saturated rings. The van der Waals surface area contributed by atoms with E-state index in [4.69, 9.17) is 0 Å². The molecule has 2 aromatic heterocycles. The number of hydrogen-bond acceptors (Lipinski definition) is 3. The van der Waals surface area contributed by atoms with E-state index in [1.54, 1.807) is 11.1 Å². The lowest BCUT2D eigenvalue weighted by Crippen LogP contribution is -2.49. The average Bonchev–Trinajstić information content (AvgIpc) is 3.28. The molecule has 1 N–H and O–H groups in total. The smallest absolute Gasteiger partial charge is 0.328 e. The standard InChI is InChI=1S/C16H18N4O2/c1-2-19-9-13(10-3-4-10)12-7-11(8-17-15(12)19)20-6-5-14(21)18-16(20)22/h7-10H,2-6H2,1H3,(H,18,21,22). The lowest BCUT2D eigenvalue weighted by Gasteiger charge is -2.26. The van der Waals surface area contributed by atoms with Crippen LogP contribution in [-0.2, 0) is 11.3 Å². The molecule has 22 heavy (non-hydrogen) atoms. The van der Waals surface area contributed by atoms with Gasteiger partial charge in [-0.15, -0.1) is 0 Å². The van der Waals surface area contributed by atoms with Crippen molar-refractivity contribution in [1.29, 1.82) is 0 Å². The summed E-state index contributed by atoms with van der Waals surface area (Å²) in [6.45, 7) is 3.40. The van der Waals surface area contributed by atoms with Crippen LogP contribution in [0.4, 0.5) is 10.5 Å². The monoisotopic (exact) mass is 298 g/mol. The fraction of sp³-hybridized carbons (Fsp3) is 0.438. The van der Waals surface area contributed by atoms with Crippen LogP contribution in [-0.4, -0.2) is 28.0 Å². The van der Waals surface area contributed by atoms with Crippen LogP contribution in [0.5, 0.6) is 0 Å². The molecule has 0 bridgehead atoms. The van der Waals surface area contributed by atoms with E-state index in [1.807, 2.05) is 6.07 Å². The fourth-order valence-electron chi connectivity index (χ4n) is 3.11. The topological polar surface area (TPSA) is 67.2 Å². The Morgan fingerprint density at radius 3 is 2.86 bits per heavy atom. The van der Waals surface area contributed by atoms with Crippen molar-refractivity contribution in [2.75, 3.05) is 11.4 Å². The molecule has 1 aliphatic carbocycles. The van der Waals surface area contributed by atoms with Crippen LogP contribution < -0.4 is 10.2 Å². The maximum atomic E-state index is 12.0. The molecule has 6 heteroatoms. The quantitative estimate of drug-likeness (QED) is 0.946. The van der Waals surface area contributed by atoms with Gasteiger partial charge in [0.1, 0.15) is 5.65 Å². The van der Waals surface area contributed by atoms with Crippen molar-refractivity contribution in [2.45, 2.75) is 38.6 Å². The van der Waals surface area contributed by atoms with Crippen LogP contribution in [0.3, 0.4) is 0 Å². The lowest BCUT2D eigenvalue weighted by atomic mass is 10.1. The Hall–Kier alpha value is -2.37. The Morgan fingerprint density at radius 1 is 1.36 bits per heavy atom. The van der Waals surface area contributed by atoms with Gasteiger partial charge < -0.3 is 4.57 Å².